The number of rotatable bonds is 7. The number of hydrogen-bond acceptors (Lipinski definition) is 7. The number of carbonyl (C=O) groups is 1. The van der Waals surface area contributed by atoms with Gasteiger partial charge in [0, 0.05) is 18.3 Å². The van der Waals surface area contributed by atoms with Crippen LogP contribution in [0.4, 0.5) is 0 Å². The van der Waals surface area contributed by atoms with E-state index in [1.807, 2.05) is 37.3 Å². The summed E-state index contributed by atoms with van der Waals surface area (Å²) in [5, 5.41) is 0. The van der Waals surface area contributed by atoms with E-state index in [2.05, 4.69) is 0 Å². The minimum absolute atomic E-state index is 0.0581. The second-order valence-corrected chi connectivity index (χ2v) is 8.18. The summed E-state index contributed by atoms with van der Waals surface area (Å²) in [6.45, 7) is 2.31. The molecule has 2 heterocycles. The Morgan fingerprint density at radius 2 is 1.74 bits per heavy atom. The molecule has 4 rings (SSSR count). The van der Waals surface area contributed by atoms with Crippen LogP contribution >= 0.6 is 0 Å². The number of nitrogens with zero attached hydrogens (tertiary/aromatic N) is 1. The maximum Gasteiger partial charge on any atom is 0.340 e. The van der Waals surface area contributed by atoms with Gasteiger partial charge >= 0.3 is 5.97 Å². The van der Waals surface area contributed by atoms with Crippen LogP contribution in [0.15, 0.2) is 70.8 Å². The summed E-state index contributed by atoms with van der Waals surface area (Å²) in [5.74, 6) is -0.314. The van der Waals surface area contributed by atoms with E-state index in [9.17, 15) is 9.59 Å². The average Bonchev–Trinajstić information content (AvgIpc) is 2.87. The summed E-state index contributed by atoms with van der Waals surface area (Å²) >= 11 is 0. The van der Waals surface area contributed by atoms with Gasteiger partial charge < -0.3 is 29.2 Å². The molecule has 1 aliphatic heterocycles. The quantitative estimate of drug-likeness (QED) is 0.522. The summed E-state index contributed by atoms with van der Waals surface area (Å²) < 4.78 is 23.3. The van der Waals surface area contributed by atoms with Gasteiger partial charge in [0.25, 0.3) is 5.56 Å². The number of ether oxygens (including phenoxy) is 4. The molecule has 0 saturated carbocycles. The number of methoxy groups -OCH3 is 3. The van der Waals surface area contributed by atoms with Crippen LogP contribution in [0.2, 0.25) is 0 Å². The van der Waals surface area contributed by atoms with Gasteiger partial charge in [-0.1, -0.05) is 36.4 Å². The van der Waals surface area contributed by atoms with Crippen LogP contribution in [0.3, 0.4) is 0 Å². The number of benzene rings is 2. The standard InChI is InChI=1S/C27H28N2O6/c1-16-14-21-23(26(30)29(16)13-12-17-8-6-5-7-9-17)22(24(25(28)35-21)27(31)34-4)18-10-11-19(32-2)20(15-18)33-3/h5-11,14-15,22H,12-13,28H2,1-4H3/t22-/m1/s1. The van der Waals surface area contributed by atoms with Crippen LogP contribution in [-0.4, -0.2) is 31.9 Å². The molecule has 0 saturated heterocycles. The molecule has 2 aromatic carbocycles. The van der Waals surface area contributed by atoms with E-state index in [0.29, 0.717) is 41.3 Å². The predicted octanol–water partition coefficient (Wildman–Crippen LogP) is 3.28. The van der Waals surface area contributed by atoms with Crippen LogP contribution < -0.4 is 25.5 Å². The Balaban J connectivity index is 1.89. The van der Waals surface area contributed by atoms with Crippen LogP contribution in [0, 0.1) is 6.92 Å². The summed E-state index contributed by atoms with van der Waals surface area (Å²) in [4.78, 5) is 26.7. The van der Waals surface area contributed by atoms with Crippen molar-refractivity contribution in [2.75, 3.05) is 21.3 Å². The van der Waals surface area contributed by atoms with Crippen molar-refractivity contribution in [1.82, 2.24) is 4.57 Å². The van der Waals surface area contributed by atoms with Crippen molar-refractivity contribution < 1.29 is 23.7 Å². The van der Waals surface area contributed by atoms with E-state index in [-0.39, 0.29) is 17.0 Å². The minimum atomic E-state index is -0.818. The number of aromatic nitrogens is 1. The first-order chi connectivity index (χ1) is 16.9. The fourth-order valence-electron chi connectivity index (χ4n) is 4.42. The maximum absolute atomic E-state index is 13.9. The number of aryl methyl sites for hydroxylation is 2. The van der Waals surface area contributed by atoms with Crippen molar-refractivity contribution in [1.29, 1.82) is 0 Å². The molecule has 0 amide bonds. The van der Waals surface area contributed by atoms with Gasteiger partial charge in [0.1, 0.15) is 11.3 Å². The zero-order chi connectivity index (χ0) is 25.1. The van der Waals surface area contributed by atoms with Gasteiger partial charge in [-0.3, -0.25) is 4.79 Å². The lowest BCUT2D eigenvalue weighted by molar-refractivity contribution is -0.136. The van der Waals surface area contributed by atoms with Crippen molar-refractivity contribution in [2.24, 2.45) is 5.73 Å². The van der Waals surface area contributed by atoms with Gasteiger partial charge in [-0.15, -0.1) is 0 Å². The zero-order valence-corrected chi connectivity index (χ0v) is 20.2. The molecule has 8 heteroatoms. The molecule has 1 atom stereocenters. The van der Waals surface area contributed by atoms with Crippen molar-refractivity contribution >= 4 is 5.97 Å². The number of pyridine rings is 1. The fourth-order valence-corrected chi connectivity index (χ4v) is 4.42. The van der Waals surface area contributed by atoms with E-state index < -0.39 is 11.9 Å². The number of nitrogens with two attached hydrogens (primary N) is 1. The second-order valence-electron chi connectivity index (χ2n) is 8.18. The van der Waals surface area contributed by atoms with E-state index >= 15 is 0 Å². The van der Waals surface area contributed by atoms with Gasteiger partial charge in [-0.05, 0) is 36.6 Å². The molecule has 0 aliphatic carbocycles. The first-order valence-corrected chi connectivity index (χ1v) is 11.2. The molecular formula is C27H28N2O6. The number of carbonyl (C=O) groups excluding carboxylic acids is 1. The van der Waals surface area contributed by atoms with E-state index in [1.54, 1.807) is 28.8 Å². The van der Waals surface area contributed by atoms with Crippen molar-refractivity contribution in [3.8, 4) is 17.2 Å². The molecule has 3 aromatic rings. The lowest BCUT2D eigenvalue weighted by Gasteiger charge is -2.29. The molecule has 35 heavy (non-hydrogen) atoms. The van der Waals surface area contributed by atoms with Crippen LogP contribution in [0.25, 0.3) is 0 Å². The van der Waals surface area contributed by atoms with Crippen molar-refractivity contribution in [3.05, 3.63) is 98.8 Å². The number of esters is 1. The SMILES string of the molecule is COC(=O)C1=C(N)Oc2cc(C)n(CCc3ccccc3)c(=O)c2[C@H]1c1ccc(OC)c(OC)c1. The maximum atomic E-state index is 13.9. The molecule has 0 fully saturated rings. The summed E-state index contributed by atoms with van der Waals surface area (Å²) in [6, 6.07) is 16.9. The number of fused-ring (bicyclic) bond motifs is 1. The monoisotopic (exact) mass is 476 g/mol. The lowest BCUT2D eigenvalue weighted by Crippen LogP contribution is -2.35. The molecular weight excluding hydrogens is 448 g/mol. The molecule has 182 valence electrons. The highest BCUT2D eigenvalue weighted by molar-refractivity contribution is 5.92. The van der Waals surface area contributed by atoms with Crippen LogP contribution in [0.5, 0.6) is 17.2 Å². The Hall–Kier alpha value is -4.20. The fraction of sp³-hybridized carbons (Fsp3) is 0.259. The topological polar surface area (TPSA) is 102 Å². The molecule has 8 nitrogen and oxygen atoms in total. The average molecular weight is 477 g/mol. The Morgan fingerprint density at radius 1 is 1.03 bits per heavy atom. The van der Waals surface area contributed by atoms with Crippen LogP contribution in [-0.2, 0) is 22.5 Å². The lowest BCUT2D eigenvalue weighted by atomic mass is 9.83. The highest BCUT2D eigenvalue weighted by Crippen LogP contribution is 2.43. The molecule has 0 spiro atoms. The summed E-state index contributed by atoms with van der Waals surface area (Å²) in [5.41, 5.74) is 8.76. The van der Waals surface area contributed by atoms with Crippen molar-refractivity contribution in [3.63, 3.8) is 0 Å². The first kappa shape index (κ1) is 23.9. The first-order valence-electron chi connectivity index (χ1n) is 11.2. The summed E-state index contributed by atoms with van der Waals surface area (Å²) in [7, 11) is 4.31. The highest BCUT2D eigenvalue weighted by Gasteiger charge is 2.38. The van der Waals surface area contributed by atoms with Crippen LogP contribution in [0.1, 0.15) is 28.3 Å². The zero-order valence-electron chi connectivity index (χ0n) is 20.2. The largest absolute Gasteiger partial charge is 0.493 e. The van der Waals surface area contributed by atoms with Gasteiger partial charge in [-0.2, -0.15) is 0 Å². The minimum Gasteiger partial charge on any atom is -0.493 e. The van der Waals surface area contributed by atoms with E-state index in [4.69, 9.17) is 24.7 Å². The predicted molar refractivity (Wildman–Crippen MR) is 131 cm³/mol. The Kier molecular flexibility index (Phi) is 6.82. The third-order valence-corrected chi connectivity index (χ3v) is 6.18. The smallest absolute Gasteiger partial charge is 0.340 e. The second kappa shape index (κ2) is 9.97. The Morgan fingerprint density at radius 3 is 2.40 bits per heavy atom. The highest BCUT2D eigenvalue weighted by atomic mass is 16.5. The third kappa shape index (κ3) is 4.47. The van der Waals surface area contributed by atoms with E-state index in [1.165, 1.54) is 21.3 Å². The van der Waals surface area contributed by atoms with E-state index in [0.717, 1.165) is 11.3 Å². The third-order valence-electron chi connectivity index (χ3n) is 6.18. The molecule has 1 aliphatic rings. The molecule has 1 aromatic heterocycles. The molecule has 0 bridgehead atoms. The normalized spacial score (nSPS) is 14.7. The molecule has 2 N–H and O–H groups in total. The molecule has 0 radical (unpaired) electrons. The number of hydrogen-bond donors (Lipinski definition) is 1. The molecule has 0 unspecified atom stereocenters. The van der Waals surface area contributed by atoms with Gasteiger partial charge in [0.05, 0.1) is 32.8 Å². The Labute approximate surface area is 203 Å². The van der Waals surface area contributed by atoms with Gasteiger partial charge in [0.15, 0.2) is 11.5 Å². The van der Waals surface area contributed by atoms with Gasteiger partial charge in [0.2, 0.25) is 5.88 Å². The van der Waals surface area contributed by atoms with Gasteiger partial charge in [-0.25, -0.2) is 4.79 Å². The Bertz CT molecular complexity index is 1340. The summed E-state index contributed by atoms with van der Waals surface area (Å²) in [6.07, 6.45) is 0.671. The van der Waals surface area contributed by atoms with Crippen molar-refractivity contribution in [2.45, 2.75) is 25.8 Å².